The van der Waals surface area contributed by atoms with Crippen LogP contribution in [0, 0.1) is 6.92 Å². The van der Waals surface area contributed by atoms with Gasteiger partial charge in [-0.15, -0.1) is 0 Å². The van der Waals surface area contributed by atoms with Gasteiger partial charge in [0.25, 0.3) is 0 Å². The highest BCUT2D eigenvalue weighted by molar-refractivity contribution is 5.91. The normalized spacial score (nSPS) is 14.6. The van der Waals surface area contributed by atoms with Crippen molar-refractivity contribution in [1.29, 1.82) is 0 Å². The van der Waals surface area contributed by atoms with Crippen molar-refractivity contribution in [3.05, 3.63) is 65.5 Å². The van der Waals surface area contributed by atoms with E-state index >= 15 is 0 Å². The molecule has 0 unspecified atom stereocenters. The molecule has 3 rings (SSSR count). The van der Waals surface area contributed by atoms with E-state index in [1.165, 1.54) is 0 Å². The third kappa shape index (κ3) is 4.24. The van der Waals surface area contributed by atoms with Crippen LogP contribution in [0.15, 0.2) is 48.8 Å². The second kappa shape index (κ2) is 7.47. The molecule has 0 radical (unpaired) electrons. The molecule has 2 N–H and O–H groups in total. The summed E-state index contributed by atoms with van der Waals surface area (Å²) in [6.45, 7) is 2.86. The van der Waals surface area contributed by atoms with E-state index in [0.29, 0.717) is 13.1 Å². The summed E-state index contributed by atoms with van der Waals surface area (Å²) >= 11 is 0. The maximum Gasteiger partial charge on any atom is 0.230 e. The zero-order valence-electron chi connectivity index (χ0n) is 14.4. The fourth-order valence-electron chi connectivity index (χ4n) is 2.96. The number of rotatable bonds is 7. The Balaban J connectivity index is 1.44. The zero-order valence-corrected chi connectivity index (χ0v) is 14.4. The molecule has 2 amide bonds. The summed E-state index contributed by atoms with van der Waals surface area (Å²) in [4.78, 5) is 28.4. The minimum Gasteiger partial charge on any atom is -0.355 e. The van der Waals surface area contributed by atoms with Gasteiger partial charge in [-0.2, -0.15) is 0 Å². The van der Waals surface area contributed by atoms with Gasteiger partial charge in [0.05, 0.1) is 5.41 Å². The van der Waals surface area contributed by atoms with Crippen molar-refractivity contribution in [2.24, 2.45) is 0 Å². The van der Waals surface area contributed by atoms with Gasteiger partial charge in [0.2, 0.25) is 11.8 Å². The summed E-state index contributed by atoms with van der Waals surface area (Å²) in [6.07, 6.45) is 5.41. The van der Waals surface area contributed by atoms with Gasteiger partial charge in [-0.25, -0.2) is 0 Å². The first kappa shape index (κ1) is 17.1. The lowest BCUT2D eigenvalue weighted by Crippen LogP contribution is -2.37. The average Bonchev–Trinajstić information content (AvgIpc) is 3.43. The second-order valence-electron chi connectivity index (χ2n) is 6.59. The lowest BCUT2D eigenvalue weighted by Gasteiger charge is -2.16. The van der Waals surface area contributed by atoms with Crippen molar-refractivity contribution in [3.8, 4) is 0 Å². The number of nitrogens with zero attached hydrogens (tertiary/aromatic N) is 1. The Kier molecular flexibility index (Phi) is 5.12. The SMILES string of the molecule is Cc1cccc(C2(C(=O)NCCC(=O)NCc3ccncc3)CC2)c1. The number of aryl methyl sites for hydroxylation is 1. The highest BCUT2D eigenvalue weighted by Crippen LogP contribution is 2.48. The molecule has 25 heavy (non-hydrogen) atoms. The number of hydrogen-bond acceptors (Lipinski definition) is 3. The molecule has 1 aromatic heterocycles. The lowest BCUT2D eigenvalue weighted by atomic mass is 9.93. The zero-order chi connectivity index (χ0) is 17.7. The molecule has 1 saturated carbocycles. The first-order valence-electron chi connectivity index (χ1n) is 8.61. The summed E-state index contributed by atoms with van der Waals surface area (Å²) in [5.74, 6) is -0.0439. The molecule has 0 atom stereocenters. The van der Waals surface area contributed by atoms with Crippen molar-refractivity contribution in [2.45, 2.75) is 38.1 Å². The van der Waals surface area contributed by atoms with Crippen LogP contribution in [0.2, 0.25) is 0 Å². The van der Waals surface area contributed by atoms with E-state index in [0.717, 1.165) is 29.5 Å². The molecule has 1 aliphatic rings. The Morgan fingerprint density at radius 3 is 2.56 bits per heavy atom. The van der Waals surface area contributed by atoms with E-state index < -0.39 is 0 Å². The number of hydrogen-bond donors (Lipinski definition) is 2. The third-order valence-corrected chi connectivity index (χ3v) is 4.63. The van der Waals surface area contributed by atoms with Crippen molar-refractivity contribution >= 4 is 11.8 Å². The van der Waals surface area contributed by atoms with Gasteiger partial charge in [0.15, 0.2) is 0 Å². The maximum absolute atomic E-state index is 12.6. The van der Waals surface area contributed by atoms with E-state index in [2.05, 4.69) is 21.7 Å². The van der Waals surface area contributed by atoms with E-state index in [9.17, 15) is 9.59 Å². The van der Waals surface area contributed by atoms with Crippen LogP contribution < -0.4 is 10.6 Å². The van der Waals surface area contributed by atoms with Crippen molar-refractivity contribution < 1.29 is 9.59 Å². The minimum atomic E-state index is -0.389. The lowest BCUT2D eigenvalue weighted by molar-refractivity contribution is -0.124. The molecule has 130 valence electrons. The Morgan fingerprint density at radius 2 is 1.88 bits per heavy atom. The molecular weight excluding hydrogens is 314 g/mol. The molecule has 1 heterocycles. The molecule has 0 aliphatic heterocycles. The Hall–Kier alpha value is -2.69. The summed E-state index contributed by atoms with van der Waals surface area (Å²) in [5.41, 5.74) is 2.85. The summed E-state index contributed by atoms with van der Waals surface area (Å²) in [5, 5.41) is 5.77. The highest BCUT2D eigenvalue weighted by atomic mass is 16.2. The fraction of sp³-hybridized carbons (Fsp3) is 0.350. The standard InChI is InChI=1S/C20H23N3O2/c1-15-3-2-4-17(13-15)20(8-9-20)19(25)22-12-7-18(24)23-14-16-5-10-21-11-6-16/h2-6,10-11,13H,7-9,12,14H2,1H3,(H,22,25)(H,23,24). The Bertz CT molecular complexity index is 755. The monoisotopic (exact) mass is 337 g/mol. The molecule has 0 bridgehead atoms. The van der Waals surface area contributed by atoms with Crippen molar-refractivity contribution in [1.82, 2.24) is 15.6 Å². The predicted octanol–water partition coefficient (Wildman–Crippen LogP) is 2.24. The smallest absolute Gasteiger partial charge is 0.230 e. The number of aromatic nitrogens is 1. The van der Waals surface area contributed by atoms with E-state index in [4.69, 9.17) is 0 Å². The van der Waals surface area contributed by atoms with Crippen LogP contribution in [0.25, 0.3) is 0 Å². The fourth-order valence-corrected chi connectivity index (χ4v) is 2.96. The number of carbonyl (C=O) groups excluding carboxylic acids is 2. The van der Waals surface area contributed by atoms with Crippen molar-refractivity contribution in [3.63, 3.8) is 0 Å². The molecular formula is C20H23N3O2. The number of amides is 2. The molecule has 1 fully saturated rings. The number of benzene rings is 1. The first-order valence-corrected chi connectivity index (χ1v) is 8.61. The number of nitrogens with one attached hydrogen (secondary N) is 2. The summed E-state index contributed by atoms with van der Waals surface area (Å²) in [7, 11) is 0. The summed E-state index contributed by atoms with van der Waals surface area (Å²) < 4.78 is 0. The molecule has 1 aromatic carbocycles. The molecule has 0 saturated heterocycles. The van der Waals surface area contributed by atoms with Gasteiger partial charge in [0.1, 0.15) is 0 Å². The van der Waals surface area contributed by atoms with E-state index in [1.807, 2.05) is 37.3 Å². The van der Waals surface area contributed by atoms with Crippen LogP contribution >= 0.6 is 0 Å². The first-order chi connectivity index (χ1) is 12.1. The largest absolute Gasteiger partial charge is 0.355 e. The minimum absolute atomic E-state index is 0.0278. The maximum atomic E-state index is 12.6. The average molecular weight is 337 g/mol. The van der Waals surface area contributed by atoms with Crippen LogP contribution in [-0.2, 0) is 21.5 Å². The topological polar surface area (TPSA) is 71.1 Å². The van der Waals surface area contributed by atoms with Gasteiger partial charge in [-0.1, -0.05) is 29.8 Å². The van der Waals surface area contributed by atoms with E-state index in [1.54, 1.807) is 12.4 Å². The van der Waals surface area contributed by atoms with Crippen LogP contribution in [0.4, 0.5) is 0 Å². The van der Waals surface area contributed by atoms with Crippen molar-refractivity contribution in [2.75, 3.05) is 6.54 Å². The molecule has 1 aliphatic carbocycles. The Labute approximate surface area is 147 Å². The number of carbonyl (C=O) groups is 2. The van der Waals surface area contributed by atoms with Crippen LogP contribution in [0.3, 0.4) is 0 Å². The predicted molar refractivity (Wildman–Crippen MR) is 95.8 cm³/mol. The molecule has 2 aromatic rings. The number of pyridine rings is 1. The molecule has 0 spiro atoms. The van der Waals surface area contributed by atoms with Gasteiger partial charge < -0.3 is 10.6 Å². The van der Waals surface area contributed by atoms with Gasteiger partial charge >= 0.3 is 0 Å². The van der Waals surface area contributed by atoms with Gasteiger partial charge in [-0.3, -0.25) is 14.6 Å². The van der Waals surface area contributed by atoms with Gasteiger partial charge in [-0.05, 0) is 43.0 Å². The van der Waals surface area contributed by atoms with Crippen LogP contribution in [0.1, 0.15) is 36.0 Å². The highest BCUT2D eigenvalue weighted by Gasteiger charge is 2.51. The molecule has 5 nitrogen and oxygen atoms in total. The quantitative estimate of drug-likeness (QED) is 0.814. The molecule has 5 heteroatoms. The Morgan fingerprint density at radius 1 is 1.12 bits per heavy atom. The van der Waals surface area contributed by atoms with Crippen LogP contribution in [0.5, 0.6) is 0 Å². The summed E-state index contributed by atoms with van der Waals surface area (Å²) in [6, 6.07) is 11.8. The third-order valence-electron chi connectivity index (χ3n) is 4.63. The van der Waals surface area contributed by atoms with Gasteiger partial charge in [0, 0.05) is 31.9 Å². The van der Waals surface area contributed by atoms with Crippen LogP contribution in [-0.4, -0.2) is 23.3 Å². The second-order valence-corrected chi connectivity index (χ2v) is 6.59. The van der Waals surface area contributed by atoms with E-state index in [-0.39, 0.29) is 23.7 Å².